The Morgan fingerprint density at radius 3 is 2.92 bits per heavy atom. The van der Waals surface area contributed by atoms with Crippen molar-refractivity contribution in [3.8, 4) is 0 Å². The van der Waals surface area contributed by atoms with Gasteiger partial charge in [-0.25, -0.2) is 4.98 Å². The lowest BCUT2D eigenvalue weighted by Gasteiger charge is -2.32. The first-order valence-corrected chi connectivity index (χ1v) is 5.41. The molecule has 0 unspecified atom stereocenters. The molecule has 0 spiro atoms. The van der Waals surface area contributed by atoms with Crippen LogP contribution in [0.2, 0.25) is 0 Å². The van der Waals surface area contributed by atoms with Gasteiger partial charge in [-0.3, -0.25) is 0 Å². The van der Waals surface area contributed by atoms with E-state index in [1.165, 1.54) is 0 Å². The van der Waals surface area contributed by atoms with Gasteiger partial charge in [0.2, 0.25) is 0 Å². The van der Waals surface area contributed by atoms with Crippen molar-refractivity contribution in [2.75, 3.05) is 13.2 Å². The fourth-order valence-electron chi connectivity index (χ4n) is 1.60. The van der Waals surface area contributed by atoms with Gasteiger partial charge in [0.1, 0.15) is 0 Å². The zero-order valence-corrected chi connectivity index (χ0v) is 8.35. The van der Waals surface area contributed by atoms with Gasteiger partial charge >= 0.3 is 0 Å². The van der Waals surface area contributed by atoms with Crippen molar-refractivity contribution in [2.45, 2.75) is 24.8 Å². The van der Waals surface area contributed by atoms with Crippen molar-refractivity contribution < 1.29 is 4.74 Å². The van der Waals surface area contributed by atoms with E-state index in [2.05, 4.69) is 4.98 Å². The Kier molecular flexibility index (Phi) is 2.62. The summed E-state index contributed by atoms with van der Waals surface area (Å²) in [7, 11) is 0. The number of hydrogen-bond acceptors (Lipinski definition) is 4. The topological polar surface area (TPSA) is 48.1 Å². The first-order valence-electron chi connectivity index (χ1n) is 4.54. The molecule has 1 aliphatic heterocycles. The van der Waals surface area contributed by atoms with Crippen LogP contribution in [0.1, 0.15) is 17.8 Å². The van der Waals surface area contributed by atoms with Crippen LogP contribution < -0.4 is 5.73 Å². The molecule has 1 saturated heterocycles. The van der Waals surface area contributed by atoms with E-state index >= 15 is 0 Å². The molecule has 0 saturated carbocycles. The van der Waals surface area contributed by atoms with Gasteiger partial charge in [-0.15, -0.1) is 11.3 Å². The van der Waals surface area contributed by atoms with E-state index in [9.17, 15) is 0 Å². The predicted molar refractivity (Wildman–Crippen MR) is 52.8 cm³/mol. The minimum atomic E-state index is -0.0733. The maximum absolute atomic E-state index is 6.24. The SMILES string of the molecule is NC1(Cc2nccs2)CCOCC1. The molecule has 1 aliphatic rings. The van der Waals surface area contributed by atoms with Crippen LogP contribution >= 0.6 is 11.3 Å². The summed E-state index contributed by atoms with van der Waals surface area (Å²) in [5, 5.41) is 3.14. The Hall–Kier alpha value is -0.450. The molecule has 2 rings (SSSR count). The number of rotatable bonds is 2. The smallest absolute Gasteiger partial charge is 0.0943 e. The third-order valence-electron chi connectivity index (χ3n) is 2.48. The average Bonchev–Trinajstić information content (AvgIpc) is 2.57. The molecule has 13 heavy (non-hydrogen) atoms. The molecule has 0 bridgehead atoms. The van der Waals surface area contributed by atoms with Gasteiger partial charge < -0.3 is 10.5 Å². The molecular formula is C9H14N2OS. The summed E-state index contributed by atoms with van der Waals surface area (Å²) < 4.78 is 5.29. The van der Waals surface area contributed by atoms with Crippen LogP contribution in [0.3, 0.4) is 0 Å². The summed E-state index contributed by atoms with van der Waals surface area (Å²) in [6, 6.07) is 0. The molecule has 4 heteroatoms. The fraction of sp³-hybridized carbons (Fsp3) is 0.667. The Balaban J connectivity index is 1.99. The standard InChI is InChI=1S/C9H14N2OS/c10-9(1-4-12-5-2-9)7-8-11-3-6-13-8/h3,6H,1-2,4-5,7,10H2. The van der Waals surface area contributed by atoms with Crippen molar-refractivity contribution in [2.24, 2.45) is 5.73 Å². The lowest BCUT2D eigenvalue weighted by atomic mass is 9.88. The Bertz CT molecular complexity index is 255. The second-order valence-corrected chi connectivity index (χ2v) is 4.56. The Labute approximate surface area is 81.9 Å². The number of ether oxygens (including phenoxy) is 1. The molecule has 0 amide bonds. The summed E-state index contributed by atoms with van der Waals surface area (Å²) in [5.41, 5.74) is 6.16. The largest absolute Gasteiger partial charge is 0.381 e. The summed E-state index contributed by atoms with van der Waals surface area (Å²) in [4.78, 5) is 4.25. The van der Waals surface area contributed by atoms with E-state index < -0.39 is 0 Å². The summed E-state index contributed by atoms with van der Waals surface area (Å²) in [5.74, 6) is 0. The predicted octanol–water partition coefficient (Wildman–Crippen LogP) is 1.19. The molecule has 0 aromatic carbocycles. The number of aromatic nitrogens is 1. The second-order valence-electron chi connectivity index (χ2n) is 3.58. The zero-order valence-electron chi connectivity index (χ0n) is 7.53. The van der Waals surface area contributed by atoms with E-state index in [0.29, 0.717) is 0 Å². The lowest BCUT2D eigenvalue weighted by molar-refractivity contribution is 0.0533. The van der Waals surface area contributed by atoms with Gasteiger partial charge in [0.25, 0.3) is 0 Å². The zero-order chi connectivity index (χ0) is 9.15. The van der Waals surface area contributed by atoms with Gasteiger partial charge in [-0.1, -0.05) is 0 Å². The van der Waals surface area contributed by atoms with Crippen LogP contribution in [0.5, 0.6) is 0 Å². The van der Waals surface area contributed by atoms with Crippen molar-refractivity contribution >= 4 is 11.3 Å². The normalized spacial score (nSPS) is 21.6. The maximum atomic E-state index is 6.24. The molecule has 0 radical (unpaired) electrons. The molecular weight excluding hydrogens is 184 g/mol. The van der Waals surface area contributed by atoms with Gasteiger partial charge in [0, 0.05) is 36.8 Å². The molecule has 2 heterocycles. The van der Waals surface area contributed by atoms with E-state index in [1.54, 1.807) is 11.3 Å². The van der Waals surface area contributed by atoms with Crippen LogP contribution in [0, 0.1) is 0 Å². The Morgan fingerprint density at radius 2 is 2.31 bits per heavy atom. The quantitative estimate of drug-likeness (QED) is 0.776. The van der Waals surface area contributed by atoms with Gasteiger partial charge in [-0.2, -0.15) is 0 Å². The van der Waals surface area contributed by atoms with Gasteiger partial charge in [0.05, 0.1) is 5.01 Å². The van der Waals surface area contributed by atoms with Crippen molar-refractivity contribution in [3.05, 3.63) is 16.6 Å². The molecule has 0 aliphatic carbocycles. The number of nitrogens with two attached hydrogens (primary N) is 1. The van der Waals surface area contributed by atoms with Crippen molar-refractivity contribution in [3.63, 3.8) is 0 Å². The van der Waals surface area contributed by atoms with E-state index in [4.69, 9.17) is 10.5 Å². The highest BCUT2D eigenvalue weighted by Crippen LogP contribution is 2.23. The third kappa shape index (κ3) is 2.27. The van der Waals surface area contributed by atoms with Crippen molar-refractivity contribution in [1.82, 2.24) is 4.98 Å². The summed E-state index contributed by atoms with van der Waals surface area (Å²) in [6.45, 7) is 1.59. The van der Waals surface area contributed by atoms with Crippen LogP contribution in [0.25, 0.3) is 0 Å². The summed E-state index contributed by atoms with van der Waals surface area (Å²) >= 11 is 1.68. The summed E-state index contributed by atoms with van der Waals surface area (Å²) in [6.07, 6.45) is 4.63. The Morgan fingerprint density at radius 1 is 1.54 bits per heavy atom. The monoisotopic (exact) mass is 198 g/mol. The minimum Gasteiger partial charge on any atom is -0.381 e. The van der Waals surface area contributed by atoms with E-state index in [1.807, 2.05) is 11.6 Å². The van der Waals surface area contributed by atoms with Gasteiger partial charge in [-0.05, 0) is 12.8 Å². The maximum Gasteiger partial charge on any atom is 0.0943 e. The first-order chi connectivity index (χ1) is 6.29. The van der Waals surface area contributed by atoms with Crippen molar-refractivity contribution in [1.29, 1.82) is 0 Å². The third-order valence-corrected chi connectivity index (χ3v) is 3.25. The first kappa shape index (κ1) is 9.12. The van der Waals surface area contributed by atoms with Crippen LogP contribution in [-0.4, -0.2) is 23.7 Å². The van der Waals surface area contributed by atoms with Crippen LogP contribution in [-0.2, 0) is 11.2 Å². The van der Waals surface area contributed by atoms with Gasteiger partial charge in [0.15, 0.2) is 0 Å². The molecule has 0 atom stereocenters. The molecule has 1 fully saturated rings. The number of thiazole rings is 1. The highest BCUT2D eigenvalue weighted by molar-refractivity contribution is 7.09. The number of nitrogens with zero attached hydrogens (tertiary/aromatic N) is 1. The van der Waals surface area contributed by atoms with Crippen LogP contribution in [0.15, 0.2) is 11.6 Å². The van der Waals surface area contributed by atoms with E-state index in [-0.39, 0.29) is 5.54 Å². The highest BCUT2D eigenvalue weighted by atomic mass is 32.1. The lowest BCUT2D eigenvalue weighted by Crippen LogP contribution is -2.46. The molecule has 1 aromatic heterocycles. The molecule has 1 aromatic rings. The van der Waals surface area contributed by atoms with E-state index in [0.717, 1.165) is 37.5 Å². The molecule has 2 N–H and O–H groups in total. The fourth-order valence-corrected chi connectivity index (χ4v) is 2.37. The molecule has 3 nitrogen and oxygen atoms in total. The molecule has 72 valence electrons. The minimum absolute atomic E-state index is 0.0733. The second kappa shape index (κ2) is 3.74. The number of hydrogen-bond donors (Lipinski definition) is 1. The highest BCUT2D eigenvalue weighted by Gasteiger charge is 2.28. The van der Waals surface area contributed by atoms with Crippen LogP contribution in [0.4, 0.5) is 0 Å². The average molecular weight is 198 g/mol.